The molecule has 1 aromatic rings. The number of nitrogens with zero attached hydrogens (tertiary/aromatic N) is 1. The van der Waals surface area contributed by atoms with Crippen molar-refractivity contribution >= 4 is 16.6 Å². The molecule has 0 bridgehead atoms. The van der Waals surface area contributed by atoms with Gasteiger partial charge in [0, 0.05) is 19.2 Å². The lowest BCUT2D eigenvalue weighted by atomic mass is 10.2. The highest BCUT2D eigenvalue weighted by molar-refractivity contribution is 7.84. The Kier molecular flexibility index (Phi) is 3.47. The SMILES string of the molecule is CC(=O)c1ncc(C(F)(F)F)cc1[SH+](C)=O. The maximum absolute atomic E-state index is 12.3. The van der Waals surface area contributed by atoms with Crippen LogP contribution >= 0.6 is 0 Å². The second-order valence-corrected chi connectivity index (χ2v) is 4.62. The summed E-state index contributed by atoms with van der Waals surface area (Å²) in [5, 5.41) is 0. The van der Waals surface area contributed by atoms with Crippen LogP contribution in [0.4, 0.5) is 13.2 Å². The number of pyridine rings is 1. The number of ketones is 1. The molecule has 1 unspecified atom stereocenters. The molecule has 1 heterocycles. The minimum absolute atomic E-state index is 0.155. The number of hydrogen-bond acceptors (Lipinski definition) is 3. The molecule has 0 spiro atoms. The zero-order chi connectivity index (χ0) is 12.5. The second kappa shape index (κ2) is 4.32. The van der Waals surface area contributed by atoms with E-state index in [9.17, 15) is 22.2 Å². The van der Waals surface area contributed by atoms with Crippen LogP contribution < -0.4 is 0 Å². The van der Waals surface area contributed by atoms with Crippen LogP contribution in [0.15, 0.2) is 17.2 Å². The van der Waals surface area contributed by atoms with Gasteiger partial charge < -0.3 is 0 Å². The van der Waals surface area contributed by atoms with E-state index in [1.807, 2.05) is 0 Å². The zero-order valence-corrected chi connectivity index (χ0v) is 9.39. The first-order valence-electron chi connectivity index (χ1n) is 4.22. The zero-order valence-electron chi connectivity index (χ0n) is 8.50. The fourth-order valence-corrected chi connectivity index (χ4v) is 1.95. The van der Waals surface area contributed by atoms with Crippen molar-refractivity contribution in [3.05, 3.63) is 23.5 Å². The lowest BCUT2D eigenvalue weighted by molar-refractivity contribution is -0.138. The fraction of sp³-hybridized carbons (Fsp3) is 0.333. The molecule has 88 valence electrons. The molecule has 0 aromatic carbocycles. The highest BCUT2D eigenvalue weighted by Gasteiger charge is 2.33. The second-order valence-electron chi connectivity index (χ2n) is 3.14. The monoisotopic (exact) mass is 252 g/mol. The number of rotatable bonds is 2. The largest absolute Gasteiger partial charge is 0.418 e. The summed E-state index contributed by atoms with van der Waals surface area (Å²) in [5.74, 6) is -0.506. The summed E-state index contributed by atoms with van der Waals surface area (Å²) in [6.45, 7) is 1.16. The van der Waals surface area contributed by atoms with E-state index in [0.29, 0.717) is 12.3 Å². The molecule has 0 aliphatic rings. The number of alkyl halides is 3. The van der Waals surface area contributed by atoms with Crippen LogP contribution in [0, 0.1) is 0 Å². The molecular formula is C9H9F3NO2S+. The first kappa shape index (κ1) is 12.8. The number of Topliss-reactive ketones (excluding diaryl/α,β-unsaturated/α-hetero) is 1. The molecular weight excluding hydrogens is 243 g/mol. The number of thiol groups is 1. The van der Waals surface area contributed by atoms with Crippen LogP contribution in [0.25, 0.3) is 0 Å². The van der Waals surface area contributed by atoms with E-state index in [1.54, 1.807) is 0 Å². The van der Waals surface area contributed by atoms with Crippen LogP contribution in [-0.4, -0.2) is 17.0 Å². The molecule has 0 amide bonds. The Morgan fingerprint density at radius 1 is 1.44 bits per heavy atom. The van der Waals surface area contributed by atoms with Gasteiger partial charge in [-0.05, 0) is 0 Å². The molecule has 3 nitrogen and oxygen atoms in total. The molecule has 16 heavy (non-hydrogen) atoms. The van der Waals surface area contributed by atoms with Gasteiger partial charge in [0.05, 0.1) is 5.56 Å². The van der Waals surface area contributed by atoms with Gasteiger partial charge in [0.25, 0.3) is 0 Å². The van der Waals surface area contributed by atoms with Crippen LogP contribution in [0.2, 0.25) is 0 Å². The first-order valence-corrected chi connectivity index (χ1v) is 5.93. The lowest BCUT2D eigenvalue weighted by Crippen LogP contribution is -2.11. The summed E-state index contributed by atoms with van der Waals surface area (Å²) in [6, 6.07) is 0.711. The Morgan fingerprint density at radius 3 is 2.38 bits per heavy atom. The van der Waals surface area contributed by atoms with E-state index in [4.69, 9.17) is 0 Å². The fourth-order valence-electron chi connectivity index (χ4n) is 1.12. The summed E-state index contributed by atoms with van der Waals surface area (Å²) < 4.78 is 48.3. The van der Waals surface area contributed by atoms with E-state index >= 15 is 0 Å². The highest BCUT2D eigenvalue weighted by Crippen LogP contribution is 2.30. The van der Waals surface area contributed by atoms with E-state index in [1.165, 1.54) is 6.26 Å². The van der Waals surface area contributed by atoms with E-state index in [2.05, 4.69) is 4.98 Å². The topological polar surface area (TPSA) is 47.0 Å². The molecule has 0 radical (unpaired) electrons. The van der Waals surface area contributed by atoms with Gasteiger partial charge in [-0.2, -0.15) is 13.2 Å². The number of aromatic nitrogens is 1. The summed E-state index contributed by atoms with van der Waals surface area (Å²) in [4.78, 5) is 14.3. The predicted octanol–water partition coefficient (Wildman–Crippen LogP) is 1.99. The Bertz CT molecular complexity index is 457. The lowest BCUT2D eigenvalue weighted by Gasteiger charge is -2.07. The van der Waals surface area contributed by atoms with Crippen LogP contribution in [-0.2, 0) is 21.2 Å². The average Bonchev–Trinajstić information content (AvgIpc) is 2.15. The summed E-state index contributed by atoms with van der Waals surface area (Å²) in [6.07, 6.45) is -2.75. The average molecular weight is 252 g/mol. The number of carbonyl (C=O) groups is 1. The minimum Gasteiger partial charge on any atom is -0.293 e. The van der Waals surface area contributed by atoms with Crippen molar-refractivity contribution in [2.24, 2.45) is 0 Å². The Balaban J connectivity index is 3.40. The minimum atomic E-state index is -4.55. The van der Waals surface area contributed by atoms with Crippen molar-refractivity contribution in [1.82, 2.24) is 4.98 Å². The Labute approximate surface area is 92.1 Å². The third-order valence-corrected chi connectivity index (χ3v) is 2.89. The van der Waals surface area contributed by atoms with Crippen LogP contribution in [0.1, 0.15) is 23.0 Å². The molecule has 0 fully saturated rings. The van der Waals surface area contributed by atoms with Crippen LogP contribution in [0.5, 0.6) is 0 Å². The van der Waals surface area contributed by atoms with Crippen molar-refractivity contribution < 1.29 is 22.2 Å². The molecule has 1 rings (SSSR count). The van der Waals surface area contributed by atoms with Gasteiger partial charge in [-0.25, -0.2) is 4.98 Å². The van der Waals surface area contributed by atoms with Gasteiger partial charge in [-0.3, -0.25) is 4.79 Å². The Hall–Kier alpha value is -1.24. The molecule has 1 atom stereocenters. The van der Waals surface area contributed by atoms with Crippen molar-refractivity contribution in [2.45, 2.75) is 18.0 Å². The van der Waals surface area contributed by atoms with Crippen LogP contribution in [0.3, 0.4) is 0 Å². The molecule has 1 aromatic heterocycles. The third-order valence-electron chi connectivity index (χ3n) is 1.87. The summed E-state index contributed by atoms with van der Waals surface area (Å²) in [7, 11) is -2.05. The van der Waals surface area contributed by atoms with Gasteiger partial charge in [-0.1, -0.05) is 0 Å². The van der Waals surface area contributed by atoms with Crippen molar-refractivity contribution in [1.29, 1.82) is 0 Å². The van der Waals surface area contributed by atoms with E-state index in [-0.39, 0.29) is 10.6 Å². The standard InChI is InChI=1S/C9H8F3NO2S/c1-5(14)8-7(16(2)15)3-6(4-13-8)9(10,11)12/h3-4H,1-2H3/p+1. The summed E-state index contributed by atoms with van der Waals surface area (Å²) in [5.41, 5.74) is -1.17. The number of hydrogen-bond donors (Lipinski definition) is 0. The molecule has 0 aliphatic heterocycles. The van der Waals surface area contributed by atoms with Gasteiger partial charge in [-0.15, -0.1) is 4.21 Å². The molecule has 0 aliphatic carbocycles. The maximum Gasteiger partial charge on any atom is 0.418 e. The Morgan fingerprint density at radius 2 is 2.00 bits per heavy atom. The van der Waals surface area contributed by atoms with Gasteiger partial charge >= 0.3 is 6.18 Å². The van der Waals surface area contributed by atoms with Gasteiger partial charge in [0.2, 0.25) is 0 Å². The smallest absolute Gasteiger partial charge is 0.293 e. The predicted molar refractivity (Wildman–Crippen MR) is 52.9 cm³/mol. The molecule has 0 saturated carbocycles. The van der Waals surface area contributed by atoms with Crippen molar-refractivity contribution in [2.75, 3.05) is 6.26 Å². The van der Waals surface area contributed by atoms with Gasteiger partial charge in [0.1, 0.15) is 17.1 Å². The number of carbonyl (C=O) groups excluding carboxylic acids is 1. The molecule has 7 heteroatoms. The van der Waals surface area contributed by atoms with E-state index < -0.39 is 28.3 Å². The normalized spacial score (nSPS) is 13.6. The third kappa shape index (κ3) is 2.66. The first-order chi connectivity index (χ1) is 7.23. The van der Waals surface area contributed by atoms with Gasteiger partial charge in [0.15, 0.2) is 16.4 Å². The highest BCUT2D eigenvalue weighted by atomic mass is 32.2. The van der Waals surface area contributed by atoms with Crippen molar-refractivity contribution in [3.63, 3.8) is 0 Å². The number of halogens is 3. The maximum atomic E-state index is 12.3. The van der Waals surface area contributed by atoms with Crippen molar-refractivity contribution in [3.8, 4) is 0 Å². The molecule has 0 N–H and O–H groups in total. The quantitative estimate of drug-likeness (QED) is 0.459. The summed E-state index contributed by atoms with van der Waals surface area (Å²) >= 11 is 0. The van der Waals surface area contributed by atoms with E-state index in [0.717, 1.165) is 6.92 Å². The molecule has 0 saturated heterocycles.